The van der Waals surface area contributed by atoms with Crippen LogP contribution in [-0.4, -0.2) is 48.4 Å². The molecular formula is C13H14F4N2O4. The predicted octanol–water partition coefficient (Wildman–Crippen LogP) is 2.71. The molecule has 1 aromatic rings. The zero-order valence-corrected chi connectivity index (χ0v) is 12.0. The van der Waals surface area contributed by atoms with E-state index in [9.17, 15) is 27.2 Å². The van der Waals surface area contributed by atoms with Gasteiger partial charge in [0.1, 0.15) is 0 Å². The Morgan fingerprint density at radius 3 is 2.52 bits per heavy atom. The molecule has 6 nitrogen and oxygen atoms in total. The number of amides is 2. The van der Waals surface area contributed by atoms with Crippen molar-refractivity contribution >= 4 is 17.7 Å². The number of carboxylic acid groups (broad SMARTS) is 1. The van der Waals surface area contributed by atoms with E-state index in [0.717, 1.165) is 23.1 Å². The second kappa shape index (κ2) is 7.65. The summed E-state index contributed by atoms with van der Waals surface area (Å²) in [5, 5.41) is 10.8. The van der Waals surface area contributed by atoms with Crippen LogP contribution in [0.5, 0.6) is 5.75 Å². The van der Waals surface area contributed by atoms with Gasteiger partial charge in [-0.25, -0.2) is 9.18 Å². The molecular weight excluding hydrogens is 324 g/mol. The van der Waals surface area contributed by atoms with Crippen LogP contribution in [0.15, 0.2) is 18.2 Å². The first-order valence-corrected chi connectivity index (χ1v) is 6.31. The van der Waals surface area contributed by atoms with Crippen molar-refractivity contribution in [2.24, 2.45) is 0 Å². The van der Waals surface area contributed by atoms with Crippen LogP contribution in [0.1, 0.15) is 6.42 Å². The Bertz CT molecular complexity index is 578. The number of benzene rings is 1. The topological polar surface area (TPSA) is 78.9 Å². The Morgan fingerprint density at radius 1 is 1.35 bits per heavy atom. The summed E-state index contributed by atoms with van der Waals surface area (Å²) < 4.78 is 53.9. The standard InChI is InChI=1S/C13H14F4N2O4/c1-19(5-4-11(20)21)12(22)18-8-2-3-10(9(14)6-8)23-7-13(15,16)17/h2-3,6H,4-5,7H2,1H3,(H,18,22)(H,20,21). The third-order valence-electron chi connectivity index (χ3n) is 2.58. The lowest BCUT2D eigenvalue weighted by Crippen LogP contribution is -2.33. The molecule has 2 N–H and O–H groups in total. The molecule has 0 heterocycles. The molecule has 0 saturated carbocycles. The third-order valence-corrected chi connectivity index (χ3v) is 2.58. The van der Waals surface area contributed by atoms with Gasteiger partial charge in [-0.05, 0) is 12.1 Å². The quantitative estimate of drug-likeness (QED) is 0.782. The van der Waals surface area contributed by atoms with Crippen molar-refractivity contribution in [2.75, 3.05) is 25.5 Å². The summed E-state index contributed by atoms with van der Waals surface area (Å²) in [5.74, 6) is -2.75. The van der Waals surface area contributed by atoms with Crippen molar-refractivity contribution in [3.8, 4) is 5.75 Å². The molecule has 0 aliphatic heterocycles. The van der Waals surface area contributed by atoms with Crippen molar-refractivity contribution in [2.45, 2.75) is 12.6 Å². The van der Waals surface area contributed by atoms with Crippen molar-refractivity contribution in [3.05, 3.63) is 24.0 Å². The zero-order chi connectivity index (χ0) is 17.6. The van der Waals surface area contributed by atoms with E-state index < -0.39 is 36.4 Å². The predicted molar refractivity (Wildman–Crippen MR) is 71.9 cm³/mol. The molecule has 0 aromatic heterocycles. The SMILES string of the molecule is CN(CCC(=O)O)C(=O)Nc1ccc(OCC(F)(F)F)c(F)c1. The van der Waals surface area contributed by atoms with E-state index in [-0.39, 0.29) is 18.7 Å². The minimum Gasteiger partial charge on any atom is -0.481 e. The van der Waals surface area contributed by atoms with Crippen LogP contribution in [-0.2, 0) is 4.79 Å². The Labute approximate surface area is 128 Å². The molecule has 1 rings (SSSR count). The summed E-state index contributed by atoms with van der Waals surface area (Å²) in [6, 6.07) is 2.23. The summed E-state index contributed by atoms with van der Waals surface area (Å²) in [6.07, 6.45) is -4.85. The van der Waals surface area contributed by atoms with Gasteiger partial charge in [0.2, 0.25) is 0 Å². The fourth-order valence-electron chi connectivity index (χ4n) is 1.44. The van der Waals surface area contributed by atoms with Crippen molar-refractivity contribution < 1.29 is 37.0 Å². The number of ether oxygens (including phenoxy) is 1. The van der Waals surface area contributed by atoms with Crippen LogP contribution in [0, 0.1) is 5.82 Å². The summed E-state index contributed by atoms with van der Waals surface area (Å²) in [6.45, 7) is -1.69. The number of anilines is 1. The number of rotatable bonds is 6. The number of carboxylic acids is 1. The molecule has 128 valence electrons. The molecule has 0 saturated heterocycles. The molecule has 0 aliphatic carbocycles. The van der Waals surface area contributed by atoms with Gasteiger partial charge in [-0.3, -0.25) is 4.79 Å². The maximum atomic E-state index is 13.6. The fourth-order valence-corrected chi connectivity index (χ4v) is 1.44. The molecule has 0 spiro atoms. The van der Waals surface area contributed by atoms with Gasteiger partial charge in [0.05, 0.1) is 6.42 Å². The first-order chi connectivity index (χ1) is 10.6. The largest absolute Gasteiger partial charge is 0.481 e. The monoisotopic (exact) mass is 338 g/mol. The summed E-state index contributed by atoms with van der Waals surface area (Å²) in [5.41, 5.74) is -0.00552. The van der Waals surface area contributed by atoms with Gasteiger partial charge in [-0.15, -0.1) is 0 Å². The first kappa shape index (κ1) is 18.5. The number of alkyl halides is 3. The van der Waals surface area contributed by atoms with E-state index in [1.807, 2.05) is 0 Å². The smallest absolute Gasteiger partial charge is 0.422 e. The van der Waals surface area contributed by atoms with Crippen molar-refractivity contribution in [1.82, 2.24) is 4.90 Å². The Morgan fingerprint density at radius 2 is 2.00 bits per heavy atom. The van der Waals surface area contributed by atoms with Gasteiger partial charge in [0.25, 0.3) is 0 Å². The number of halogens is 4. The van der Waals surface area contributed by atoms with Crippen LogP contribution in [0.3, 0.4) is 0 Å². The van der Waals surface area contributed by atoms with E-state index in [1.165, 1.54) is 7.05 Å². The molecule has 0 radical (unpaired) electrons. The number of carbonyl (C=O) groups excluding carboxylic acids is 1. The van der Waals surface area contributed by atoms with Gasteiger partial charge in [-0.1, -0.05) is 0 Å². The lowest BCUT2D eigenvalue weighted by molar-refractivity contribution is -0.153. The van der Waals surface area contributed by atoms with E-state index >= 15 is 0 Å². The summed E-state index contributed by atoms with van der Waals surface area (Å²) >= 11 is 0. The van der Waals surface area contributed by atoms with E-state index in [4.69, 9.17) is 5.11 Å². The number of aliphatic carboxylic acids is 1. The average molecular weight is 338 g/mol. The highest BCUT2D eigenvalue weighted by atomic mass is 19.4. The highest BCUT2D eigenvalue weighted by Crippen LogP contribution is 2.24. The molecule has 0 aliphatic rings. The molecule has 10 heteroatoms. The lowest BCUT2D eigenvalue weighted by Gasteiger charge is -2.17. The van der Waals surface area contributed by atoms with Crippen molar-refractivity contribution in [1.29, 1.82) is 0 Å². The third kappa shape index (κ3) is 6.85. The second-order valence-electron chi connectivity index (χ2n) is 4.54. The number of carbonyl (C=O) groups is 2. The van der Waals surface area contributed by atoms with Crippen LogP contribution in [0.4, 0.5) is 28.0 Å². The van der Waals surface area contributed by atoms with Crippen molar-refractivity contribution in [3.63, 3.8) is 0 Å². The van der Waals surface area contributed by atoms with Crippen LogP contribution >= 0.6 is 0 Å². The van der Waals surface area contributed by atoms with Crippen LogP contribution < -0.4 is 10.1 Å². The number of hydrogen-bond acceptors (Lipinski definition) is 3. The fraction of sp³-hybridized carbons (Fsp3) is 0.385. The van der Waals surface area contributed by atoms with E-state index in [2.05, 4.69) is 10.1 Å². The summed E-state index contributed by atoms with van der Waals surface area (Å²) in [4.78, 5) is 23.2. The van der Waals surface area contributed by atoms with Gasteiger partial charge < -0.3 is 20.1 Å². The molecule has 0 fully saturated rings. The Hall–Kier alpha value is -2.52. The molecule has 0 unspecified atom stereocenters. The lowest BCUT2D eigenvalue weighted by atomic mass is 10.3. The maximum Gasteiger partial charge on any atom is 0.422 e. The van der Waals surface area contributed by atoms with Gasteiger partial charge in [0.15, 0.2) is 18.2 Å². The number of urea groups is 1. The first-order valence-electron chi connectivity index (χ1n) is 6.31. The highest BCUT2D eigenvalue weighted by Gasteiger charge is 2.29. The number of hydrogen-bond donors (Lipinski definition) is 2. The Kier molecular flexibility index (Phi) is 6.17. The summed E-state index contributed by atoms with van der Waals surface area (Å²) in [7, 11) is 1.34. The molecule has 0 atom stereocenters. The van der Waals surface area contributed by atoms with Gasteiger partial charge in [0, 0.05) is 25.3 Å². The minimum atomic E-state index is -4.59. The average Bonchev–Trinajstić information content (AvgIpc) is 2.42. The van der Waals surface area contributed by atoms with Crippen LogP contribution in [0.2, 0.25) is 0 Å². The van der Waals surface area contributed by atoms with Gasteiger partial charge >= 0.3 is 18.2 Å². The molecule has 0 bridgehead atoms. The second-order valence-corrected chi connectivity index (χ2v) is 4.54. The zero-order valence-electron chi connectivity index (χ0n) is 12.0. The normalized spacial score (nSPS) is 11.0. The Balaban J connectivity index is 2.63. The van der Waals surface area contributed by atoms with Gasteiger partial charge in [-0.2, -0.15) is 13.2 Å². The maximum absolute atomic E-state index is 13.6. The molecule has 2 amide bonds. The van der Waals surface area contributed by atoms with E-state index in [0.29, 0.717) is 0 Å². The highest BCUT2D eigenvalue weighted by molar-refractivity contribution is 5.89. The number of nitrogens with zero attached hydrogens (tertiary/aromatic N) is 1. The molecule has 1 aromatic carbocycles. The molecule has 23 heavy (non-hydrogen) atoms. The number of nitrogens with one attached hydrogen (secondary N) is 1. The van der Waals surface area contributed by atoms with E-state index in [1.54, 1.807) is 0 Å². The minimum absolute atomic E-state index is 0.00552. The van der Waals surface area contributed by atoms with Crippen LogP contribution in [0.25, 0.3) is 0 Å².